The predicted molar refractivity (Wildman–Crippen MR) is 95.2 cm³/mol. The van der Waals surface area contributed by atoms with Crippen LogP contribution in [0.3, 0.4) is 0 Å². The van der Waals surface area contributed by atoms with Crippen LogP contribution in [0.25, 0.3) is 0 Å². The van der Waals surface area contributed by atoms with Gasteiger partial charge >= 0.3 is 6.03 Å². The Morgan fingerprint density at radius 3 is 2.88 bits per heavy atom. The first-order valence-electron chi connectivity index (χ1n) is 8.50. The minimum absolute atomic E-state index is 0.172. The molecule has 1 aliphatic carbocycles. The summed E-state index contributed by atoms with van der Waals surface area (Å²) in [5.74, 6) is -0.570. The number of aromatic nitrogens is 1. The van der Waals surface area contributed by atoms with Crippen LogP contribution in [-0.4, -0.2) is 41.2 Å². The van der Waals surface area contributed by atoms with E-state index in [1.807, 2.05) is 6.26 Å². The number of anilines is 1. The number of thioether (sulfide) groups is 1. The van der Waals surface area contributed by atoms with E-state index in [9.17, 15) is 9.59 Å². The van der Waals surface area contributed by atoms with E-state index >= 15 is 0 Å². The minimum Gasteiger partial charge on any atom is -0.369 e. The Balaban J connectivity index is 1.75. The molecule has 0 saturated carbocycles. The Bertz CT molecular complexity index is 650. The van der Waals surface area contributed by atoms with Crippen molar-refractivity contribution in [2.75, 3.05) is 24.7 Å². The van der Waals surface area contributed by atoms with Crippen LogP contribution in [0.15, 0.2) is 11.1 Å². The number of aryl methyl sites for hydroxylation is 2. The smallest absolute Gasteiger partial charge is 0.321 e. The summed E-state index contributed by atoms with van der Waals surface area (Å²) in [5.41, 5.74) is 8.57. The number of hydrogen-bond donors (Lipinski definition) is 2. The maximum Gasteiger partial charge on any atom is 0.321 e. The lowest BCUT2D eigenvalue weighted by Crippen LogP contribution is -2.45. The molecule has 3 rings (SSSR count). The van der Waals surface area contributed by atoms with Gasteiger partial charge in [0.2, 0.25) is 5.91 Å². The van der Waals surface area contributed by atoms with Crippen LogP contribution in [0.1, 0.15) is 36.9 Å². The third-order valence-electron chi connectivity index (χ3n) is 4.81. The number of pyridine rings is 1. The van der Waals surface area contributed by atoms with Crippen molar-refractivity contribution < 1.29 is 9.59 Å². The van der Waals surface area contributed by atoms with Gasteiger partial charge in [0.25, 0.3) is 0 Å². The van der Waals surface area contributed by atoms with Crippen molar-refractivity contribution in [3.63, 3.8) is 0 Å². The summed E-state index contributed by atoms with van der Waals surface area (Å²) in [6, 6.07) is 1.90. The quantitative estimate of drug-likeness (QED) is 0.821. The highest BCUT2D eigenvalue weighted by atomic mass is 32.2. The summed E-state index contributed by atoms with van der Waals surface area (Å²) in [6.07, 6.45) is 7.93. The molecule has 2 heterocycles. The summed E-state index contributed by atoms with van der Waals surface area (Å²) >= 11 is 1.54. The molecule has 1 saturated heterocycles. The molecule has 0 spiro atoms. The average molecular weight is 348 g/mol. The Hall–Kier alpha value is -1.76. The van der Waals surface area contributed by atoms with Crippen LogP contribution >= 0.6 is 11.8 Å². The number of nitrogens with zero attached hydrogens (tertiary/aromatic N) is 2. The van der Waals surface area contributed by atoms with E-state index in [4.69, 9.17) is 10.7 Å². The van der Waals surface area contributed by atoms with Crippen LogP contribution < -0.4 is 11.1 Å². The summed E-state index contributed by atoms with van der Waals surface area (Å²) in [7, 11) is 0. The number of carbonyl (C=O) groups is 2. The first-order valence-corrected chi connectivity index (χ1v) is 9.73. The van der Waals surface area contributed by atoms with Gasteiger partial charge < -0.3 is 16.0 Å². The fraction of sp³-hybridized carbons (Fsp3) is 0.588. The van der Waals surface area contributed by atoms with Gasteiger partial charge in [-0.05, 0) is 56.4 Å². The van der Waals surface area contributed by atoms with Crippen LogP contribution in [0, 0.1) is 5.92 Å². The summed E-state index contributed by atoms with van der Waals surface area (Å²) in [6.45, 7) is 1.05. The molecule has 0 unspecified atom stereocenters. The molecule has 1 aromatic heterocycles. The fourth-order valence-corrected chi connectivity index (χ4v) is 3.98. The molecular formula is C17H24N4O2S. The SMILES string of the molecule is CSc1nc2c(cc1NC(=O)N1CCC[C@H](C(N)=O)C1)CCCC2. The van der Waals surface area contributed by atoms with Crippen molar-refractivity contribution in [2.24, 2.45) is 11.7 Å². The first-order chi connectivity index (χ1) is 11.6. The topological polar surface area (TPSA) is 88.3 Å². The first kappa shape index (κ1) is 17.1. The van der Waals surface area contributed by atoms with E-state index in [0.29, 0.717) is 13.1 Å². The molecule has 2 aliphatic rings. The van der Waals surface area contributed by atoms with Crippen molar-refractivity contribution >= 4 is 29.4 Å². The Morgan fingerprint density at radius 2 is 2.12 bits per heavy atom. The van der Waals surface area contributed by atoms with E-state index < -0.39 is 0 Å². The van der Waals surface area contributed by atoms with Crippen molar-refractivity contribution in [3.05, 3.63) is 17.3 Å². The third kappa shape index (κ3) is 3.66. The standard InChI is InChI=1S/C17H24N4O2S/c1-24-16-14(9-11-5-2-3-7-13(11)19-16)20-17(23)21-8-4-6-12(10-21)15(18)22/h9,12H,2-8,10H2,1H3,(H2,18,22)(H,20,23)/t12-/m0/s1. The molecule has 3 amide bonds. The summed E-state index contributed by atoms with van der Waals surface area (Å²) in [4.78, 5) is 30.4. The molecule has 1 fully saturated rings. The molecule has 130 valence electrons. The zero-order valence-electron chi connectivity index (χ0n) is 14.0. The molecule has 6 nitrogen and oxygen atoms in total. The Labute approximate surface area is 146 Å². The largest absolute Gasteiger partial charge is 0.369 e. The van der Waals surface area contributed by atoms with Gasteiger partial charge in [0.15, 0.2) is 0 Å². The minimum atomic E-state index is -0.326. The molecule has 0 aromatic carbocycles. The number of amides is 3. The van der Waals surface area contributed by atoms with E-state index in [0.717, 1.165) is 42.1 Å². The Morgan fingerprint density at radius 1 is 1.33 bits per heavy atom. The number of likely N-dealkylation sites (tertiary alicyclic amines) is 1. The zero-order chi connectivity index (χ0) is 17.1. The number of piperidine rings is 1. The number of primary amides is 1. The van der Waals surface area contributed by atoms with Crippen molar-refractivity contribution in [1.82, 2.24) is 9.88 Å². The summed E-state index contributed by atoms with van der Waals surface area (Å²) < 4.78 is 0. The van der Waals surface area contributed by atoms with Crippen LogP contribution in [-0.2, 0) is 17.6 Å². The van der Waals surface area contributed by atoms with Gasteiger partial charge in [-0.25, -0.2) is 9.78 Å². The van der Waals surface area contributed by atoms with Gasteiger partial charge in [0, 0.05) is 18.8 Å². The van der Waals surface area contributed by atoms with Gasteiger partial charge in [0.05, 0.1) is 11.6 Å². The highest BCUT2D eigenvalue weighted by molar-refractivity contribution is 7.98. The van der Waals surface area contributed by atoms with Gasteiger partial charge in [-0.15, -0.1) is 11.8 Å². The average Bonchev–Trinajstić information content (AvgIpc) is 2.61. The number of fused-ring (bicyclic) bond motifs is 1. The van der Waals surface area contributed by atoms with Gasteiger partial charge in [-0.1, -0.05) is 0 Å². The van der Waals surface area contributed by atoms with Crippen LogP contribution in [0.4, 0.5) is 10.5 Å². The lowest BCUT2D eigenvalue weighted by Gasteiger charge is -2.31. The third-order valence-corrected chi connectivity index (χ3v) is 5.51. The van der Waals surface area contributed by atoms with Crippen molar-refractivity contribution in [2.45, 2.75) is 43.6 Å². The second-order valence-electron chi connectivity index (χ2n) is 6.48. The number of rotatable bonds is 3. The summed E-state index contributed by atoms with van der Waals surface area (Å²) in [5, 5.41) is 3.85. The predicted octanol–water partition coefficient (Wildman–Crippen LogP) is 2.41. The van der Waals surface area contributed by atoms with Crippen LogP contribution in [0.5, 0.6) is 0 Å². The number of carbonyl (C=O) groups excluding carboxylic acids is 2. The zero-order valence-corrected chi connectivity index (χ0v) is 14.8. The van der Waals surface area contributed by atoms with Gasteiger partial charge in [0.1, 0.15) is 5.03 Å². The molecule has 0 radical (unpaired) electrons. The second-order valence-corrected chi connectivity index (χ2v) is 7.27. The molecule has 7 heteroatoms. The lowest BCUT2D eigenvalue weighted by atomic mass is 9.96. The monoisotopic (exact) mass is 348 g/mol. The molecule has 1 atom stereocenters. The number of urea groups is 1. The van der Waals surface area contributed by atoms with Crippen molar-refractivity contribution in [3.8, 4) is 0 Å². The molecule has 1 aromatic rings. The number of nitrogens with two attached hydrogens (primary N) is 1. The van der Waals surface area contributed by atoms with E-state index in [-0.39, 0.29) is 17.9 Å². The maximum atomic E-state index is 12.6. The molecular weight excluding hydrogens is 324 g/mol. The van der Waals surface area contributed by atoms with E-state index in [2.05, 4.69) is 11.4 Å². The normalized spacial score (nSPS) is 20.4. The van der Waals surface area contributed by atoms with Crippen molar-refractivity contribution in [1.29, 1.82) is 0 Å². The molecule has 0 bridgehead atoms. The second kappa shape index (κ2) is 7.42. The molecule has 1 aliphatic heterocycles. The number of hydrogen-bond acceptors (Lipinski definition) is 4. The lowest BCUT2D eigenvalue weighted by molar-refractivity contribution is -0.123. The van der Waals surface area contributed by atoms with Gasteiger partial charge in [-0.3, -0.25) is 4.79 Å². The highest BCUT2D eigenvalue weighted by Gasteiger charge is 2.27. The van der Waals surface area contributed by atoms with Gasteiger partial charge in [-0.2, -0.15) is 0 Å². The molecule has 3 N–H and O–H groups in total. The maximum absolute atomic E-state index is 12.6. The number of nitrogens with one attached hydrogen (secondary N) is 1. The van der Waals surface area contributed by atoms with E-state index in [1.54, 1.807) is 16.7 Å². The fourth-order valence-electron chi connectivity index (χ4n) is 3.45. The highest BCUT2D eigenvalue weighted by Crippen LogP contribution is 2.30. The Kier molecular flexibility index (Phi) is 5.28. The molecule has 24 heavy (non-hydrogen) atoms. The van der Waals surface area contributed by atoms with E-state index in [1.165, 1.54) is 18.4 Å². The van der Waals surface area contributed by atoms with Crippen LogP contribution in [0.2, 0.25) is 0 Å².